The maximum atomic E-state index is 12.0. The molecule has 0 spiro atoms. The first-order valence-corrected chi connectivity index (χ1v) is 6.16. The van der Waals surface area contributed by atoms with Gasteiger partial charge in [-0.1, -0.05) is 0 Å². The Morgan fingerprint density at radius 3 is 2.76 bits per heavy atom. The normalized spacial score (nSPS) is 10.0. The zero-order valence-corrected chi connectivity index (χ0v) is 11.7. The highest BCUT2D eigenvalue weighted by atomic mass is 16.5. The van der Waals surface area contributed by atoms with E-state index in [4.69, 9.17) is 9.47 Å². The number of rotatable bonds is 5. The number of hydrogen-bond acceptors (Lipinski definition) is 5. The number of nitrogens with zero attached hydrogens (tertiary/aromatic N) is 2. The van der Waals surface area contributed by atoms with Crippen molar-refractivity contribution in [1.82, 2.24) is 9.55 Å². The number of carbonyl (C=O) groups excluding carboxylic acids is 1. The first kappa shape index (κ1) is 14.6. The number of hydrogen-bond donors (Lipinski definition) is 1. The summed E-state index contributed by atoms with van der Waals surface area (Å²) in [6.07, 6.45) is 2.69. The molecule has 1 aromatic carbocycles. The summed E-state index contributed by atoms with van der Waals surface area (Å²) in [7, 11) is 3.03. The molecular weight excluding hydrogens is 274 g/mol. The molecule has 7 heteroatoms. The lowest BCUT2D eigenvalue weighted by atomic mass is 10.2. The van der Waals surface area contributed by atoms with Crippen LogP contribution in [0.2, 0.25) is 0 Å². The molecule has 0 atom stereocenters. The van der Waals surface area contributed by atoms with Gasteiger partial charge in [0.05, 0.1) is 26.2 Å². The predicted octanol–water partition coefficient (Wildman–Crippen LogP) is 0.899. The van der Waals surface area contributed by atoms with Gasteiger partial charge in [-0.2, -0.15) is 0 Å². The molecule has 0 bridgehead atoms. The van der Waals surface area contributed by atoms with E-state index in [1.165, 1.54) is 37.4 Å². The van der Waals surface area contributed by atoms with Crippen LogP contribution in [0.25, 0.3) is 0 Å². The minimum atomic E-state index is -0.364. The van der Waals surface area contributed by atoms with E-state index >= 15 is 0 Å². The van der Waals surface area contributed by atoms with Gasteiger partial charge in [-0.3, -0.25) is 14.2 Å². The number of aromatic nitrogens is 2. The van der Waals surface area contributed by atoms with E-state index in [0.717, 1.165) is 0 Å². The Bertz CT molecular complexity index is 697. The zero-order valence-electron chi connectivity index (χ0n) is 11.7. The molecule has 0 aliphatic heterocycles. The second-order valence-corrected chi connectivity index (χ2v) is 4.16. The van der Waals surface area contributed by atoms with E-state index in [1.807, 2.05) is 0 Å². The number of methoxy groups -OCH3 is 2. The Hall–Kier alpha value is -2.83. The lowest BCUT2D eigenvalue weighted by molar-refractivity contribution is -0.116. The molecule has 0 aliphatic rings. The maximum Gasteiger partial charge on any atom is 0.253 e. The first-order valence-electron chi connectivity index (χ1n) is 6.16. The van der Waals surface area contributed by atoms with Crippen LogP contribution in [0.4, 0.5) is 5.69 Å². The molecule has 110 valence electrons. The maximum absolute atomic E-state index is 12.0. The summed E-state index contributed by atoms with van der Waals surface area (Å²) in [5.74, 6) is 0.726. The van der Waals surface area contributed by atoms with E-state index < -0.39 is 0 Å². The van der Waals surface area contributed by atoms with Crippen molar-refractivity contribution in [2.45, 2.75) is 6.54 Å². The van der Waals surface area contributed by atoms with Crippen LogP contribution in [-0.4, -0.2) is 29.7 Å². The molecule has 0 saturated carbocycles. The summed E-state index contributed by atoms with van der Waals surface area (Å²) in [4.78, 5) is 27.3. The summed E-state index contributed by atoms with van der Waals surface area (Å²) in [6, 6.07) is 6.34. The zero-order chi connectivity index (χ0) is 15.2. The van der Waals surface area contributed by atoms with E-state index in [-0.39, 0.29) is 18.0 Å². The van der Waals surface area contributed by atoms with Crippen molar-refractivity contribution in [3.05, 3.63) is 47.1 Å². The Kier molecular flexibility index (Phi) is 4.55. The highest BCUT2D eigenvalue weighted by Crippen LogP contribution is 2.28. The van der Waals surface area contributed by atoms with Crippen LogP contribution in [0.3, 0.4) is 0 Å². The van der Waals surface area contributed by atoms with Crippen molar-refractivity contribution in [3.63, 3.8) is 0 Å². The fourth-order valence-electron chi connectivity index (χ4n) is 1.75. The summed E-state index contributed by atoms with van der Waals surface area (Å²) in [5.41, 5.74) is 0.177. The highest BCUT2D eigenvalue weighted by molar-refractivity contribution is 5.92. The Balaban J connectivity index is 2.16. The van der Waals surface area contributed by atoms with Crippen molar-refractivity contribution in [3.8, 4) is 11.5 Å². The molecule has 1 N–H and O–H groups in total. The molecular formula is C14H15N3O4. The van der Waals surface area contributed by atoms with Crippen molar-refractivity contribution in [2.75, 3.05) is 19.5 Å². The van der Waals surface area contributed by atoms with Gasteiger partial charge in [0.2, 0.25) is 5.91 Å². The van der Waals surface area contributed by atoms with Gasteiger partial charge >= 0.3 is 0 Å². The molecule has 21 heavy (non-hydrogen) atoms. The lowest BCUT2D eigenvalue weighted by Crippen LogP contribution is -2.27. The van der Waals surface area contributed by atoms with Crippen LogP contribution in [0.1, 0.15) is 0 Å². The molecule has 0 aliphatic carbocycles. The molecule has 1 amide bonds. The Labute approximate surface area is 121 Å². The highest BCUT2D eigenvalue weighted by Gasteiger charge is 2.10. The van der Waals surface area contributed by atoms with Crippen molar-refractivity contribution in [1.29, 1.82) is 0 Å². The third kappa shape index (κ3) is 3.59. The molecule has 0 unspecified atom stereocenters. The van der Waals surface area contributed by atoms with Crippen LogP contribution in [0.15, 0.2) is 41.6 Å². The summed E-state index contributed by atoms with van der Waals surface area (Å²) < 4.78 is 11.5. The number of nitrogens with one attached hydrogen (secondary N) is 1. The van der Waals surface area contributed by atoms with Crippen LogP contribution in [0.5, 0.6) is 11.5 Å². The predicted molar refractivity (Wildman–Crippen MR) is 76.7 cm³/mol. The second kappa shape index (κ2) is 6.56. The second-order valence-electron chi connectivity index (χ2n) is 4.16. The van der Waals surface area contributed by atoms with Crippen molar-refractivity contribution >= 4 is 11.6 Å². The van der Waals surface area contributed by atoms with Crippen LogP contribution in [-0.2, 0) is 11.3 Å². The van der Waals surface area contributed by atoms with Gasteiger partial charge in [0, 0.05) is 18.3 Å². The minimum absolute atomic E-state index is 0.132. The Morgan fingerprint density at radius 2 is 2.10 bits per heavy atom. The van der Waals surface area contributed by atoms with Crippen molar-refractivity contribution in [2.24, 2.45) is 0 Å². The molecule has 0 fully saturated rings. The molecule has 2 rings (SSSR count). The fraction of sp³-hybridized carbons (Fsp3) is 0.214. The summed E-state index contributed by atoms with van der Waals surface area (Å²) in [6.45, 7) is -0.132. The fourth-order valence-corrected chi connectivity index (χ4v) is 1.75. The van der Waals surface area contributed by atoms with Gasteiger partial charge in [-0.25, -0.2) is 4.98 Å². The molecule has 7 nitrogen and oxygen atoms in total. The van der Waals surface area contributed by atoms with Gasteiger partial charge in [0.15, 0.2) is 0 Å². The lowest BCUT2D eigenvalue weighted by Gasteiger charge is -2.12. The standard InChI is InChI=1S/C14H15N3O4/c1-20-10-3-4-12(21-2)11(7-10)16-13(18)8-17-9-15-6-5-14(17)19/h3-7,9H,8H2,1-2H3,(H,16,18). The van der Waals surface area contributed by atoms with Gasteiger partial charge < -0.3 is 14.8 Å². The number of benzene rings is 1. The van der Waals surface area contributed by atoms with E-state index in [1.54, 1.807) is 18.2 Å². The number of amides is 1. The van der Waals surface area contributed by atoms with Crippen molar-refractivity contribution < 1.29 is 14.3 Å². The van der Waals surface area contributed by atoms with E-state index in [9.17, 15) is 9.59 Å². The third-order valence-corrected chi connectivity index (χ3v) is 2.79. The number of anilines is 1. The average Bonchev–Trinajstić information content (AvgIpc) is 2.49. The van der Waals surface area contributed by atoms with Gasteiger partial charge in [-0.05, 0) is 12.1 Å². The third-order valence-electron chi connectivity index (χ3n) is 2.79. The van der Waals surface area contributed by atoms with E-state index in [0.29, 0.717) is 17.2 Å². The number of ether oxygens (including phenoxy) is 2. The largest absolute Gasteiger partial charge is 0.497 e. The minimum Gasteiger partial charge on any atom is -0.497 e. The van der Waals surface area contributed by atoms with Gasteiger partial charge in [0.1, 0.15) is 18.0 Å². The smallest absolute Gasteiger partial charge is 0.253 e. The molecule has 0 radical (unpaired) electrons. The molecule has 2 aromatic rings. The first-order chi connectivity index (χ1) is 10.1. The van der Waals surface area contributed by atoms with Crippen LogP contribution < -0.4 is 20.3 Å². The topological polar surface area (TPSA) is 82.4 Å². The Morgan fingerprint density at radius 1 is 1.29 bits per heavy atom. The SMILES string of the molecule is COc1ccc(OC)c(NC(=O)Cn2cnccc2=O)c1. The van der Waals surface area contributed by atoms with E-state index in [2.05, 4.69) is 10.3 Å². The summed E-state index contributed by atoms with van der Waals surface area (Å²) >= 11 is 0. The van der Waals surface area contributed by atoms with Crippen LogP contribution >= 0.6 is 0 Å². The average molecular weight is 289 g/mol. The van der Waals surface area contributed by atoms with Gasteiger partial charge in [0.25, 0.3) is 5.56 Å². The molecule has 1 heterocycles. The quantitative estimate of drug-likeness (QED) is 0.884. The monoisotopic (exact) mass is 289 g/mol. The van der Waals surface area contributed by atoms with Crippen LogP contribution in [0, 0.1) is 0 Å². The number of carbonyl (C=O) groups is 1. The molecule has 1 aromatic heterocycles. The van der Waals surface area contributed by atoms with Gasteiger partial charge in [-0.15, -0.1) is 0 Å². The summed E-state index contributed by atoms with van der Waals surface area (Å²) in [5, 5.41) is 2.68. The molecule has 0 saturated heterocycles.